The third kappa shape index (κ3) is 2.89. The lowest BCUT2D eigenvalue weighted by atomic mass is 9.76. The Labute approximate surface area is 112 Å². The van der Waals surface area contributed by atoms with Crippen molar-refractivity contribution < 1.29 is 9.84 Å². The second kappa shape index (κ2) is 5.48. The number of hydrogen-bond donors (Lipinski definition) is 1. The number of rotatable bonds is 2. The summed E-state index contributed by atoms with van der Waals surface area (Å²) in [5.41, 5.74) is -0.0270. The Morgan fingerprint density at radius 1 is 1.28 bits per heavy atom. The molecule has 2 fully saturated rings. The summed E-state index contributed by atoms with van der Waals surface area (Å²) in [6, 6.07) is 0.330. The number of hydrogen-bond acceptors (Lipinski definition) is 3. The van der Waals surface area contributed by atoms with Crippen LogP contribution in [-0.4, -0.2) is 48.0 Å². The Bertz CT molecular complexity index is 272. The summed E-state index contributed by atoms with van der Waals surface area (Å²) in [7, 11) is 1.81. The van der Waals surface area contributed by atoms with Crippen molar-refractivity contribution in [1.29, 1.82) is 0 Å². The maximum absolute atomic E-state index is 10.4. The lowest BCUT2D eigenvalue weighted by molar-refractivity contribution is -0.0978. The van der Waals surface area contributed by atoms with Crippen molar-refractivity contribution in [2.24, 2.45) is 11.8 Å². The molecule has 1 N–H and O–H groups in total. The third-order valence-corrected chi connectivity index (χ3v) is 5.00. The normalized spacial score (nSPS) is 47.2. The Morgan fingerprint density at radius 2 is 2.00 bits per heavy atom. The van der Waals surface area contributed by atoms with Crippen molar-refractivity contribution in [3.8, 4) is 0 Å². The van der Waals surface area contributed by atoms with Gasteiger partial charge in [-0.1, -0.05) is 13.8 Å². The first kappa shape index (κ1) is 14.3. The molecule has 0 aromatic heterocycles. The second-order valence-corrected chi connectivity index (χ2v) is 6.84. The second-order valence-electron chi connectivity index (χ2n) is 6.84. The largest absolute Gasteiger partial charge is 0.391 e. The topological polar surface area (TPSA) is 32.7 Å². The SMILES string of the molecule is COC1(C)CCCN(C2C(C)CC(C)CC2O)C1. The highest BCUT2D eigenvalue weighted by atomic mass is 16.5. The molecule has 0 aromatic rings. The lowest BCUT2D eigenvalue weighted by Gasteiger charge is -2.49. The van der Waals surface area contributed by atoms with Gasteiger partial charge in [0.2, 0.25) is 0 Å². The zero-order valence-corrected chi connectivity index (χ0v) is 12.4. The van der Waals surface area contributed by atoms with Crippen molar-refractivity contribution >= 4 is 0 Å². The summed E-state index contributed by atoms with van der Waals surface area (Å²) in [5.74, 6) is 1.24. The average Bonchev–Trinajstić information content (AvgIpc) is 2.28. The van der Waals surface area contributed by atoms with Gasteiger partial charge in [0.05, 0.1) is 11.7 Å². The fourth-order valence-corrected chi connectivity index (χ4v) is 4.07. The van der Waals surface area contributed by atoms with Crippen molar-refractivity contribution in [2.75, 3.05) is 20.2 Å². The Morgan fingerprint density at radius 3 is 2.61 bits per heavy atom. The van der Waals surface area contributed by atoms with E-state index in [2.05, 4.69) is 25.7 Å². The molecule has 1 saturated carbocycles. The third-order valence-electron chi connectivity index (χ3n) is 5.00. The van der Waals surface area contributed by atoms with Gasteiger partial charge in [0.1, 0.15) is 0 Å². The summed E-state index contributed by atoms with van der Waals surface area (Å²) in [6.07, 6.45) is 4.34. The van der Waals surface area contributed by atoms with E-state index in [1.807, 2.05) is 7.11 Å². The van der Waals surface area contributed by atoms with Crippen molar-refractivity contribution in [1.82, 2.24) is 4.90 Å². The van der Waals surface area contributed by atoms with Crippen LogP contribution in [0.2, 0.25) is 0 Å². The van der Waals surface area contributed by atoms with Crippen LogP contribution in [0.15, 0.2) is 0 Å². The predicted molar refractivity (Wildman–Crippen MR) is 73.6 cm³/mol. The van der Waals surface area contributed by atoms with E-state index < -0.39 is 0 Å². The van der Waals surface area contributed by atoms with Crippen molar-refractivity contribution in [2.45, 2.75) is 64.2 Å². The van der Waals surface area contributed by atoms with Gasteiger partial charge in [-0.15, -0.1) is 0 Å². The Balaban J connectivity index is 2.05. The van der Waals surface area contributed by atoms with Crippen LogP contribution >= 0.6 is 0 Å². The van der Waals surface area contributed by atoms with Gasteiger partial charge in [-0.2, -0.15) is 0 Å². The number of nitrogens with zero attached hydrogens (tertiary/aromatic N) is 1. The van der Waals surface area contributed by atoms with Gasteiger partial charge in [0.25, 0.3) is 0 Å². The van der Waals surface area contributed by atoms with E-state index in [1.54, 1.807) is 0 Å². The van der Waals surface area contributed by atoms with E-state index in [1.165, 1.54) is 12.8 Å². The summed E-state index contributed by atoms with van der Waals surface area (Å²) in [5, 5.41) is 10.4. The average molecular weight is 255 g/mol. The van der Waals surface area contributed by atoms with Gasteiger partial charge in [-0.05, 0) is 51.0 Å². The van der Waals surface area contributed by atoms with Gasteiger partial charge < -0.3 is 9.84 Å². The van der Waals surface area contributed by atoms with Gasteiger partial charge in [0, 0.05) is 19.7 Å². The van der Waals surface area contributed by atoms with Crippen LogP contribution < -0.4 is 0 Å². The summed E-state index contributed by atoms with van der Waals surface area (Å²) in [6.45, 7) is 8.82. The first-order valence-electron chi connectivity index (χ1n) is 7.42. The van der Waals surface area contributed by atoms with E-state index >= 15 is 0 Å². The predicted octanol–water partition coefficient (Wildman–Crippen LogP) is 2.28. The molecule has 1 saturated heterocycles. The van der Waals surface area contributed by atoms with Crippen LogP contribution in [-0.2, 0) is 4.74 Å². The Kier molecular flexibility index (Phi) is 4.35. The van der Waals surface area contributed by atoms with Gasteiger partial charge in [0.15, 0.2) is 0 Å². The maximum Gasteiger partial charge on any atom is 0.0777 e. The lowest BCUT2D eigenvalue weighted by Crippen LogP contribution is -2.58. The molecule has 1 aliphatic heterocycles. The van der Waals surface area contributed by atoms with E-state index in [0.717, 1.165) is 25.9 Å². The fourth-order valence-electron chi connectivity index (χ4n) is 4.07. The summed E-state index contributed by atoms with van der Waals surface area (Å²) < 4.78 is 5.67. The highest BCUT2D eigenvalue weighted by molar-refractivity contribution is 4.95. The van der Waals surface area contributed by atoms with Crippen molar-refractivity contribution in [3.63, 3.8) is 0 Å². The first-order chi connectivity index (χ1) is 8.45. The molecular formula is C15H29NO2. The smallest absolute Gasteiger partial charge is 0.0777 e. The maximum atomic E-state index is 10.4. The molecular weight excluding hydrogens is 226 g/mol. The number of likely N-dealkylation sites (tertiary alicyclic amines) is 1. The van der Waals surface area contributed by atoms with E-state index in [4.69, 9.17) is 4.74 Å². The van der Waals surface area contributed by atoms with Crippen LogP contribution in [0.5, 0.6) is 0 Å². The molecule has 5 unspecified atom stereocenters. The molecule has 2 aliphatic rings. The molecule has 0 spiro atoms. The quantitative estimate of drug-likeness (QED) is 0.821. The molecule has 5 atom stereocenters. The number of piperidine rings is 1. The van der Waals surface area contributed by atoms with Crippen LogP contribution in [0.25, 0.3) is 0 Å². The fraction of sp³-hybridized carbons (Fsp3) is 1.00. The number of methoxy groups -OCH3 is 1. The molecule has 106 valence electrons. The minimum atomic E-state index is -0.164. The molecule has 1 heterocycles. The molecule has 18 heavy (non-hydrogen) atoms. The van der Waals surface area contributed by atoms with Gasteiger partial charge in [-0.25, -0.2) is 0 Å². The molecule has 3 heteroatoms. The van der Waals surface area contributed by atoms with Crippen LogP contribution in [0.4, 0.5) is 0 Å². The van der Waals surface area contributed by atoms with Gasteiger partial charge in [-0.3, -0.25) is 4.90 Å². The molecule has 0 aromatic carbocycles. The number of ether oxygens (including phenoxy) is 1. The molecule has 1 aliphatic carbocycles. The Hall–Kier alpha value is -0.120. The number of aliphatic hydroxyl groups is 1. The van der Waals surface area contributed by atoms with Crippen LogP contribution in [0.3, 0.4) is 0 Å². The zero-order chi connectivity index (χ0) is 13.3. The molecule has 0 radical (unpaired) electrons. The number of aliphatic hydroxyl groups excluding tert-OH is 1. The first-order valence-corrected chi connectivity index (χ1v) is 7.42. The molecule has 0 amide bonds. The molecule has 0 bridgehead atoms. The minimum absolute atomic E-state index is 0.0270. The molecule has 2 rings (SSSR count). The standard InChI is InChI=1S/C15H29NO2/c1-11-8-12(2)14(13(17)9-11)16-7-5-6-15(3,10-16)18-4/h11-14,17H,5-10H2,1-4H3. The van der Waals surface area contributed by atoms with E-state index in [0.29, 0.717) is 17.9 Å². The summed E-state index contributed by atoms with van der Waals surface area (Å²) in [4.78, 5) is 2.48. The highest BCUT2D eigenvalue weighted by Crippen LogP contribution is 2.35. The van der Waals surface area contributed by atoms with Crippen molar-refractivity contribution in [3.05, 3.63) is 0 Å². The van der Waals surface area contributed by atoms with E-state index in [-0.39, 0.29) is 11.7 Å². The summed E-state index contributed by atoms with van der Waals surface area (Å²) >= 11 is 0. The van der Waals surface area contributed by atoms with Crippen LogP contribution in [0, 0.1) is 11.8 Å². The van der Waals surface area contributed by atoms with Gasteiger partial charge >= 0.3 is 0 Å². The highest BCUT2D eigenvalue weighted by Gasteiger charge is 2.41. The minimum Gasteiger partial charge on any atom is -0.391 e. The van der Waals surface area contributed by atoms with E-state index in [9.17, 15) is 5.11 Å². The molecule has 3 nitrogen and oxygen atoms in total. The van der Waals surface area contributed by atoms with Crippen LogP contribution in [0.1, 0.15) is 46.5 Å². The monoisotopic (exact) mass is 255 g/mol. The zero-order valence-electron chi connectivity index (χ0n) is 12.4.